The summed E-state index contributed by atoms with van der Waals surface area (Å²) >= 11 is 0. The van der Waals surface area contributed by atoms with Crippen molar-refractivity contribution in [3.63, 3.8) is 0 Å². The number of nitrogens with one attached hydrogen (secondary N) is 2. The van der Waals surface area contributed by atoms with Crippen LogP contribution >= 0.6 is 0 Å². The number of carbonyl (C=O) groups is 1. The van der Waals surface area contributed by atoms with Crippen molar-refractivity contribution in [3.05, 3.63) is 66.4 Å². The van der Waals surface area contributed by atoms with Crippen LogP contribution in [-0.2, 0) is 0 Å². The molecule has 4 N–H and O–H groups in total. The normalized spacial score (nSPS) is 14.6. The Bertz CT molecular complexity index is 1210. The number of rotatable bonds is 5. The Labute approximate surface area is 179 Å². The van der Waals surface area contributed by atoms with Gasteiger partial charge in [0.1, 0.15) is 5.82 Å². The number of piperidine rings is 1. The van der Waals surface area contributed by atoms with Gasteiger partial charge in [-0.2, -0.15) is 5.10 Å². The van der Waals surface area contributed by atoms with E-state index in [0.29, 0.717) is 23.2 Å². The SMILES string of the molecule is NC(=O)c1ccc(Nc2nc(-c3ccccc3)nc3c2cnn3C2CCNCC2)cc1. The van der Waals surface area contributed by atoms with E-state index in [2.05, 4.69) is 15.7 Å². The lowest BCUT2D eigenvalue weighted by atomic mass is 10.1. The van der Waals surface area contributed by atoms with E-state index in [1.165, 1.54) is 0 Å². The zero-order chi connectivity index (χ0) is 21.2. The minimum absolute atomic E-state index is 0.306. The molecular formula is C23H23N7O. The third-order valence-electron chi connectivity index (χ3n) is 5.57. The first-order chi connectivity index (χ1) is 15.2. The first kappa shape index (κ1) is 19.2. The molecule has 0 radical (unpaired) electrons. The number of amides is 1. The second kappa shape index (κ2) is 8.16. The molecule has 1 fully saturated rings. The number of hydrogen-bond donors (Lipinski definition) is 3. The molecule has 2 aromatic carbocycles. The highest BCUT2D eigenvalue weighted by molar-refractivity contribution is 5.94. The van der Waals surface area contributed by atoms with Crippen LogP contribution in [0, 0.1) is 0 Å². The molecule has 1 aliphatic heterocycles. The van der Waals surface area contributed by atoms with Crippen molar-refractivity contribution in [1.29, 1.82) is 0 Å². The lowest BCUT2D eigenvalue weighted by Gasteiger charge is -2.23. The molecule has 0 bridgehead atoms. The largest absolute Gasteiger partial charge is 0.366 e. The van der Waals surface area contributed by atoms with E-state index in [9.17, 15) is 4.79 Å². The summed E-state index contributed by atoms with van der Waals surface area (Å²) in [7, 11) is 0. The molecule has 8 heteroatoms. The molecule has 0 saturated carbocycles. The van der Waals surface area contributed by atoms with Crippen LogP contribution in [0.5, 0.6) is 0 Å². The van der Waals surface area contributed by atoms with Crippen molar-refractivity contribution >= 4 is 28.4 Å². The third-order valence-corrected chi connectivity index (χ3v) is 5.57. The summed E-state index contributed by atoms with van der Waals surface area (Å²) in [6.45, 7) is 1.94. The molecule has 0 atom stereocenters. The average molecular weight is 413 g/mol. The first-order valence-electron chi connectivity index (χ1n) is 10.4. The van der Waals surface area contributed by atoms with Crippen LogP contribution in [0.3, 0.4) is 0 Å². The zero-order valence-corrected chi connectivity index (χ0v) is 17.0. The molecule has 0 unspecified atom stereocenters. The number of anilines is 2. The minimum atomic E-state index is -0.453. The summed E-state index contributed by atoms with van der Waals surface area (Å²) < 4.78 is 2.03. The van der Waals surface area contributed by atoms with Gasteiger partial charge in [0.05, 0.1) is 17.6 Å². The highest BCUT2D eigenvalue weighted by atomic mass is 16.1. The van der Waals surface area contributed by atoms with Gasteiger partial charge in [-0.15, -0.1) is 0 Å². The van der Waals surface area contributed by atoms with E-state index in [0.717, 1.165) is 48.2 Å². The monoisotopic (exact) mass is 413 g/mol. The number of fused-ring (bicyclic) bond motifs is 1. The zero-order valence-electron chi connectivity index (χ0n) is 17.0. The Hall–Kier alpha value is -3.78. The van der Waals surface area contributed by atoms with Crippen LogP contribution in [0.25, 0.3) is 22.4 Å². The standard InChI is InChI=1S/C23H23N7O/c24-20(31)15-6-8-17(9-7-15)27-22-19-14-26-30(18-10-12-25-13-11-18)23(19)29-21(28-22)16-4-2-1-3-5-16/h1-9,14,18,25H,10-13H2,(H2,24,31)(H,27,28,29). The van der Waals surface area contributed by atoms with E-state index in [4.69, 9.17) is 15.7 Å². The third kappa shape index (κ3) is 3.85. The number of nitrogens with two attached hydrogens (primary N) is 1. The van der Waals surface area contributed by atoms with Crippen LogP contribution in [0.1, 0.15) is 29.2 Å². The number of hydrogen-bond acceptors (Lipinski definition) is 6. The van der Waals surface area contributed by atoms with E-state index in [-0.39, 0.29) is 0 Å². The summed E-state index contributed by atoms with van der Waals surface area (Å²) in [5, 5.41) is 12.3. The van der Waals surface area contributed by atoms with Crippen LogP contribution in [-0.4, -0.2) is 38.7 Å². The molecule has 0 aliphatic carbocycles. The first-order valence-corrected chi connectivity index (χ1v) is 10.4. The van der Waals surface area contributed by atoms with E-state index < -0.39 is 5.91 Å². The number of primary amides is 1. The molecule has 1 aliphatic rings. The summed E-state index contributed by atoms with van der Waals surface area (Å²) in [6, 6.07) is 17.2. The molecule has 1 amide bonds. The predicted octanol–water partition coefficient (Wildman–Crippen LogP) is 3.26. The van der Waals surface area contributed by atoms with Crippen molar-refractivity contribution in [2.45, 2.75) is 18.9 Å². The van der Waals surface area contributed by atoms with E-state index in [1.54, 1.807) is 12.1 Å². The van der Waals surface area contributed by atoms with Gasteiger partial charge in [-0.1, -0.05) is 30.3 Å². The molecule has 8 nitrogen and oxygen atoms in total. The summed E-state index contributed by atoms with van der Waals surface area (Å²) in [4.78, 5) is 21.1. The summed E-state index contributed by atoms with van der Waals surface area (Å²) in [5.41, 5.74) is 8.37. The van der Waals surface area contributed by atoms with Gasteiger partial charge in [-0.25, -0.2) is 14.6 Å². The molecule has 1 saturated heterocycles. The predicted molar refractivity (Wildman–Crippen MR) is 120 cm³/mol. The summed E-state index contributed by atoms with van der Waals surface area (Å²) in [5.74, 6) is 0.862. The quantitative estimate of drug-likeness (QED) is 0.463. The van der Waals surface area contributed by atoms with Gasteiger partial charge >= 0.3 is 0 Å². The molecular weight excluding hydrogens is 390 g/mol. The van der Waals surface area contributed by atoms with Gasteiger partial charge in [0, 0.05) is 16.8 Å². The Kier molecular flexibility index (Phi) is 5.05. The molecule has 3 heterocycles. The lowest BCUT2D eigenvalue weighted by Crippen LogP contribution is -2.30. The van der Waals surface area contributed by atoms with Gasteiger partial charge < -0.3 is 16.4 Å². The second-order valence-electron chi connectivity index (χ2n) is 7.64. The number of carbonyl (C=O) groups excluding carboxylic acids is 1. The summed E-state index contributed by atoms with van der Waals surface area (Å²) in [6.07, 6.45) is 3.85. The lowest BCUT2D eigenvalue weighted by molar-refractivity contribution is 0.100. The van der Waals surface area contributed by atoms with E-state index in [1.807, 2.05) is 53.3 Å². The molecule has 2 aromatic heterocycles. The van der Waals surface area contributed by atoms with Gasteiger partial charge in [-0.05, 0) is 50.2 Å². The highest BCUT2D eigenvalue weighted by Crippen LogP contribution is 2.30. The second-order valence-corrected chi connectivity index (χ2v) is 7.64. The maximum Gasteiger partial charge on any atom is 0.248 e. The number of nitrogens with zero attached hydrogens (tertiary/aromatic N) is 4. The Morgan fingerprint density at radius 1 is 1.03 bits per heavy atom. The van der Waals surface area contributed by atoms with Crippen molar-refractivity contribution in [1.82, 2.24) is 25.1 Å². The topological polar surface area (TPSA) is 111 Å². The van der Waals surface area contributed by atoms with Gasteiger partial charge in [0.2, 0.25) is 5.91 Å². The van der Waals surface area contributed by atoms with Crippen molar-refractivity contribution in [2.75, 3.05) is 18.4 Å². The van der Waals surface area contributed by atoms with Crippen LogP contribution in [0.2, 0.25) is 0 Å². The highest BCUT2D eigenvalue weighted by Gasteiger charge is 2.21. The number of benzene rings is 2. The molecule has 156 valence electrons. The van der Waals surface area contributed by atoms with Gasteiger partial charge in [0.15, 0.2) is 11.5 Å². The Morgan fingerprint density at radius 2 is 1.77 bits per heavy atom. The Morgan fingerprint density at radius 3 is 2.48 bits per heavy atom. The smallest absolute Gasteiger partial charge is 0.248 e. The minimum Gasteiger partial charge on any atom is -0.366 e. The maximum absolute atomic E-state index is 11.4. The maximum atomic E-state index is 11.4. The van der Waals surface area contributed by atoms with E-state index >= 15 is 0 Å². The average Bonchev–Trinajstić information content (AvgIpc) is 3.25. The molecule has 4 aromatic rings. The number of aromatic nitrogens is 4. The van der Waals surface area contributed by atoms with Crippen molar-refractivity contribution < 1.29 is 4.79 Å². The fourth-order valence-electron chi connectivity index (χ4n) is 3.91. The van der Waals surface area contributed by atoms with Gasteiger partial charge in [0.25, 0.3) is 0 Å². The Balaban J connectivity index is 1.60. The fraction of sp³-hybridized carbons (Fsp3) is 0.217. The van der Waals surface area contributed by atoms with Crippen LogP contribution < -0.4 is 16.4 Å². The van der Waals surface area contributed by atoms with Crippen molar-refractivity contribution in [3.8, 4) is 11.4 Å². The molecule has 0 spiro atoms. The van der Waals surface area contributed by atoms with Gasteiger partial charge in [-0.3, -0.25) is 4.79 Å². The molecule has 5 rings (SSSR count). The molecule has 31 heavy (non-hydrogen) atoms. The van der Waals surface area contributed by atoms with Crippen LogP contribution in [0.15, 0.2) is 60.8 Å². The van der Waals surface area contributed by atoms with Crippen molar-refractivity contribution in [2.24, 2.45) is 5.73 Å². The fourth-order valence-corrected chi connectivity index (χ4v) is 3.91. The van der Waals surface area contributed by atoms with Crippen LogP contribution in [0.4, 0.5) is 11.5 Å².